The second-order valence-electron chi connectivity index (χ2n) is 5.96. The van der Waals surface area contributed by atoms with Crippen molar-refractivity contribution >= 4 is 17.2 Å². The lowest BCUT2D eigenvalue weighted by molar-refractivity contribution is 0.0924. The first-order chi connectivity index (χ1) is 10.7. The van der Waals surface area contributed by atoms with Gasteiger partial charge < -0.3 is 15.7 Å². The Balaban J connectivity index is 1.49. The number of benzene rings is 1. The van der Waals surface area contributed by atoms with E-state index in [0.29, 0.717) is 22.5 Å². The zero-order valence-corrected chi connectivity index (χ0v) is 12.8. The number of thiazole rings is 1. The standard InChI is InChI=1S/C16H17N3O2S/c20-13-4-2-1-3-11(13)14-8-18-16(22-14)15(21)19-12-6-10-5-9(12)7-17-10/h1-4,8-10,12,17,20H,5-7H2,(H,19,21). The second kappa shape index (κ2) is 5.37. The summed E-state index contributed by atoms with van der Waals surface area (Å²) in [6.07, 6.45) is 3.82. The molecule has 6 heteroatoms. The summed E-state index contributed by atoms with van der Waals surface area (Å²) < 4.78 is 0. The highest BCUT2D eigenvalue weighted by Gasteiger charge is 2.40. The van der Waals surface area contributed by atoms with Crippen molar-refractivity contribution in [1.82, 2.24) is 15.6 Å². The maximum Gasteiger partial charge on any atom is 0.280 e. The molecule has 2 aliphatic rings. The summed E-state index contributed by atoms with van der Waals surface area (Å²) in [5, 5.41) is 16.9. The minimum Gasteiger partial charge on any atom is -0.507 e. The van der Waals surface area contributed by atoms with Gasteiger partial charge in [-0.05, 0) is 30.9 Å². The quantitative estimate of drug-likeness (QED) is 0.810. The minimum absolute atomic E-state index is 0.107. The number of nitrogens with one attached hydrogen (secondary N) is 2. The van der Waals surface area contributed by atoms with Crippen LogP contribution in [0.15, 0.2) is 30.5 Å². The smallest absolute Gasteiger partial charge is 0.280 e. The average Bonchev–Trinajstić information content (AvgIpc) is 3.24. The van der Waals surface area contributed by atoms with Gasteiger partial charge in [0.25, 0.3) is 5.91 Å². The normalized spacial score (nSPS) is 26.3. The van der Waals surface area contributed by atoms with Crippen LogP contribution in [0.5, 0.6) is 5.75 Å². The molecule has 114 valence electrons. The number of carbonyl (C=O) groups is 1. The van der Waals surface area contributed by atoms with Crippen LogP contribution in [0, 0.1) is 5.92 Å². The monoisotopic (exact) mass is 315 g/mol. The SMILES string of the molecule is O=C(NC1CC2CC1CN2)c1ncc(-c2ccccc2O)s1. The lowest BCUT2D eigenvalue weighted by atomic mass is 10.0. The first-order valence-corrected chi connectivity index (χ1v) is 8.31. The molecule has 2 aromatic rings. The Labute approximate surface area is 132 Å². The van der Waals surface area contributed by atoms with Crippen molar-refractivity contribution in [3.63, 3.8) is 0 Å². The van der Waals surface area contributed by atoms with Gasteiger partial charge in [0.1, 0.15) is 5.75 Å². The lowest BCUT2D eigenvalue weighted by Crippen LogP contribution is -2.44. The van der Waals surface area contributed by atoms with E-state index < -0.39 is 0 Å². The van der Waals surface area contributed by atoms with E-state index >= 15 is 0 Å². The Kier molecular flexibility index (Phi) is 3.35. The highest BCUT2D eigenvalue weighted by Crippen LogP contribution is 2.34. The summed E-state index contributed by atoms with van der Waals surface area (Å²) >= 11 is 1.31. The molecule has 1 aromatic carbocycles. The molecule has 1 saturated heterocycles. The number of rotatable bonds is 3. The van der Waals surface area contributed by atoms with E-state index in [2.05, 4.69) is 15.6 Å². The largest absolute Gasteiger partial charge is 0.507 e. The highest BCUT2D eigenvalue weighted by molar-refractivity contribution is 7.17. The van der Waals surface area contributed by atoms with Crippen LogP contribution in [0.25, 0.3) is 10.4 Å². The fourth-order valence-electron chi connectivity index (χ4n) is 3.43. The van der Waals surface area contributed by atoms with E-state index in [0.717, 1.165) is 24.3 Å². The molecule has 1 aliphatic heterocycles. The number of para-hydroxylation sites is 1. The zero-order valence-electron chi connectivity index (χ0n) is 12.0. The van der Waals surface area contributed by atoms with Gasteiger partial charge in [0.2, 0.25) is 0 Å². The van der Waals surface area contributed by atoms with Crippen molar-refractivity contribution < 1.29 is 9.90 Å². The number of aromatic hydroxyl groups is 1. The third-order valence-corrected chi connectivity index (χ3v) is 5.58. The third-order valence-electron chi connectivity index (χ3n) is 4.55. The van der Waals surface area contributed by atoms with Crippen LogP contribution in [-0.4, -0.2) is 34.6 Å². The molecule has 3 N–H and O–H groups in total. The molecule has 2 heterocycles. The summed E-state index contributed by atoms with van der Waals surface area (Å²) in [5.74, 6) is 0.646. The number of piperidine rings is 1. The van der Waals surface area contributed by atoms with Gasteiger partial charge in [-0.2, -0.15) is 0 Å². The van der Waals surface area contributed by atoms with Gasteiger partial charge in [-0.25, -0.2) is 4.98 Å². The van der Waals surface area contributed by atoms with Crippen LogP contribution in [0.1, 0.15) is 22.6 Å². The van der Waals surface area contributed by atoms with Gasteiger partial charge in [-0.3, -0.25) is 4.79 Å². The molecule has 4 rings (SSSR count). The zero-order chi connectivity index (χ0) is 15.1. The maximum atomic E-state index is 12.4. The van der Waals surface area contributed by atoms with Crippen molar-refractivity contribution in [3.05, 3.63) is 35.5 Å². The highest BCUT2D eigenvalue weighted by atomic mass is 32.1. The number of aromatic nitrogens is 1. The Morgan fingerprint density at radius 1 is 1.36 bits per heavy atom. The van der Waals surface area contributed by atoms with Crippen molar-refractivity contribution in [1.29, 1.82) is 0 Å². The summed E-state index contributed by atoms with van der Waals surface area (Å²) in [7, 11) is 0. The van der Waals surface area contributed by atoms with Gasteiger partial charge in [0, 0.05) is 30.4 Å². The number of amides is 1. The van der Waals surface area contributed by atoms with Crippen LogP contribution < -0.4 is 10.6 Å². The van der Waals surface area contributed by atoms with Crippen LogP contribution in [0.3, 0.4) is 0 Å². The van der Waals surface area contributed by atoms with E-state index in [-0.39, 0.29) is 17.7 Å². The van der Waals surface area contributed by atoms with Crippen molar-refractivity contribution in [2.75, 3.05) is 6.54 Å². The van der Waals surface area contributed by atoms with Gasteiger partial charge >= 0.3 is 0 Å². The number of nitrogens with zero attached hydrogens (tertiary/aromatic N) is 1. The molecule has 1 amide bonds. The average molecular weight is 315 g/mol. The summed E-state index contributed by atoms with van der Waals surface area (Å²) in [4.78, 5) is 17.4. The van der Waals surface area contributed by atoms with Crippen LogP contribution in [0.2, 0.25) is 0 Å². The molecule has 2 bridgehead atoms. The molecular weight excluding hydrogens is 298 g/mol. The number of carbonyl (C=O) groups excluding carboxylic acids is 1. The van der Waals surface area contributed by atoms with Gasteiger partial charge in [0.05, 0.1) is 4.88 Å². The fourth-order valence-corrected chi connectivity index (χ4v) is 4.28. The third kappa shape index (κ3) is 2.38. The summed E-state index contributed by atoms with van der Waals surface area (Å²) in [6.45, 7) is 0.997. The molecular formula is C16H17N3O2S. The molecule has 0 radical (unpaired) electrons. The molecule has 2 fully saturated rings. The van der Waals surface area contributed by atoms with Gasteiger partial charge in [0.15, 0.2) is 5.01 Å². The van der Waals surface area contributed by atoms with E-state index in [1.807, 2.05) is 12.1 Å². The van der Waals surface area contributed by atoms with E-state index in [4.69, 9.17) is 0 Å². The minimum atomic E-state index is -0.107. The fraction of sp³-hybridized carbons (Fsp3) is 0.375. The van der Waals surface area contributed by atoms with E-state index in [9.17, 15) is 9.90 Å². The van der Waals surface area contributed by atoms with Crippen molar-refractivity contribution in [2.45, 2.75) is 24.9 Å². The van der Waals surface area contributed by atoms with Gasteiger partial charge in [-0.1, -0.05) is 12.1 Å². The van der Waals surface area contributed by atoms with Crippen molar-refractivity contribution in [2.24, 2.45) is 5.92 Å². The Morgan fingerprint density at radius 2 is 2.23 bits per heavy atom. The summed E-state index contributed by atoms with van der Waals surface area (Å²) in [5.41, 5.74) is 0.711. The molecule has 3 atom stereocenters. The first-order valence-electron chi connectivity index (χ1n) is 7.49. The molecule has 1 saturated carbocycles. The summed E-state index contributed by atoms with van der Waals surface area (Å²) in [6, 6.07) is 7.91. The van der Waals surface area contributed by atoms with Gasteiger partial charge in [-0.15, -0.1) is 11.3 Å². The topological polar surface area (TPSA) is 74.2 Å². The predicted molar refractivity (Wildman–Crippen MR) is 85.0 cm³/mol. The Hall–Kier alpha value is -1.92. The molecule has 22 heavy (non-hydrogen) atoms. The number of phenolic OH excluding ortho intramolecular Hbond substituents is 1. The first kappa shape index (κ1) is 13.7. The molecule has 0 spiro atoms. The van der Waals surface area contributed by atoms with Crippen LogP contribution in [0.4, 0.5) is 0 Å². The van der Waals surface area contributed by atoms with Crippen molar-refractivity contribution in [3.8, 4) is 16.2 Å². The number of phenols is 1. The number of hydrogen-bond acceptors (Lipinski definition) is 5. The van der Waals surface area contributed by atoms with Crippen LogP contribution >= 0.6 is 11.3 Å². The molecule has 1 aromatic heterocycles. The Morgan fingerprint density at radius 3 is 2.95 bits per heavy atom. The molecule has 3 unspecified atom stereocenters. The van der Waals surface area contributed by atoms with E-state index in [1.165, 1.54) is 11.3 Å². The Bertz CT molecular complexity index is 715. The van der Waals surface area contributed by atoms with Crippen LogP contribution in [-0.2, 0) is 0 Å². The number of hydrogen-bond donors (Lipinski definition) is 3. The molecule has 1 aliphatic carbocycles. The predicted octanol–water partition coefficient (Wildman–Crippen LogP) is 2.00. The second-order valence-corrected chi connectivity index (χ2v) is 6.99. The number of fused-ring (bicyclic) bond motifs is 2. The lowest BCUT2D eigenvalue weighted by Gasteiger charge is -2.22. The van der Waals surface area contributed by atoms with E-state index in [1.54, 1.807) is 18.3 Å². The molecule has 5 nitrogen and oxygen atoms in total. The maximum absolute atomic E-state index is 12.4.